The fourth-order valence-corrected chi connectivity index (χ4v) is 9.58. The van der Waals surface area contributed by atoms with Gasteiger partial charge in [-0.1, -0.05) is 280 Å². The Hall–Kier alpha value is -2.44. The molecular weight excluding hydrogens is 899 g/mol. The summed E-state index contributed by atoms with van der Waals surface area (Å²) in [4.78, 5) is 24.6. The number of aliphatic hydroxyl groups excluding tert-OH is 2. The minimum absolute atomic E-state index is 0.00127. The summed E-state index contributed by atoms with van der Waals surface area (Å²) in [5, 5.41) is 23.1. The standard InChI is InChI=1S/C67H123NO5/c1-3-5-7-9-11-13-15-17-19-20-29-33-37-41-45-49-53-57-61-67(72)73-62-58-54-50-46-42-38-34-30-27-25-23-21-22-24-26-28-32-36-40-44-48-52-56-60-66(71)68-64(63-69)65(70)59-55-51-47-43-39-35-31-18-16-14-12-10-8-6-4-2/h13,15,19-21,23-24,26,55,59,64-65,69-70H,3-12,14,16-18,22,25,27-54,56-58,60-63H2,1-2H3,(H,68,71)/b15-13-,20-19-,23-21-,26-24-,59-55+. The lowest BCUT2D eigenvalue weighted by Crippen LogP contribution is -2.45. The zero-order valence-corrected chi connectivity index (χ0v) is 48.6. The highest BCUT2D eigenvalue weighted by Crippen LogP contribution is 2.16. The summed E-state index contributed by atoms with van der Waals surface area (Å²) >= 11 is 0. The molecule has 3 N–H and O–H groups in total. The smallest absolute Gasteiger partial charge is 0.305 e. The minimum atomic E-state index is -0.852. The number of allylic oxidation sites excluding steroid dienone is 9. The molecule has 426 valence electrons. The van der Waals surface area contributed by atoms with Crippen LogP contribution in [0.3, 0.4) is 0 Å². The van der Waals surface area contributed by atoms with Gasteiger partial charge in [0.25, 0.3) is 0 Å². The molecule has 0 spiro atoms. The van der Waals surface area contributed by atoms with Gasteiger partial charge >= 0.3 is 5.97 Å². The summed E-state index contributed by atoms with van der Waals surface area (Å²) < 4.78 is 5.49. The lowest BCUT2D eigenvalue weighted by molar-refractivity contribution is -0.143. The van der Waals surface area contributed by atoms with Crippen molar-refractivity contribution in [2.75, 3.05) is 13.2 Å². The Morgan fingerprint density at radius 3 is 1.05 bits per heavy atom. The Kier molecular flexibility index (Phi) is 60.0. The second-order valence-corrected chi connectivity index (χ2v) is 21.7. The van der Waals surface area contributed by atoms with Gasteiger partial charge in [-0.2, -0.15) is 0 Å². The van der Waals surface area contributed by atoms with Crippen molar-refractivity contribution in [3.63, 3.8) is 0 Å². The van der Waals surface area contributed by atoms with Crippen molar-refractivity contribution in [1.82, 2.24) is 5.32 Å². The summed E-state index contributed by atoms with van der Waals surface area (Å²) in [5.41, 5.74) is 0. The molecule has 0 aliphatic rings. The molecule has 6 nitrogen and oxygen atoms in total. The van der Waals surface area contributed by atoms with Crippen LogP contribution in [0.4, 0.5) is 0 Å². The third kappa shape index (κ3) is 58.7. The fourth-order valence-electron chi connectivity index (χ4n) is 9.58. The summed E-state index contributed by atoms with van der Waals surface area (Å²) in [7, 11) is 0. The number of hydrogen-bond donors (Lipinski definition) is 3. The van der Waals surface area contributed by atoms with Gasteiger partial charge in [0.2, 0.25) is 5.91 Å². The second-order valence-electron chi connectivity index (χ2n) is 21.7. The van der Waals surface area contributed by atoms with E-state index in [1.54, 1.807) is 6.08 Å². The van der Waals surface area contributed by atoms with Crippen LogP contribution < -0.4 is 5.32 Å². The van der Waals surface area contributed by atoms with Gasteiger partial charge in [-0.25, -0.2) is 0 Å². The first-order chi connectivity index (χ1) is 36.0. The number of ether oxygens (including phenoxy) is 1. The number of carbonyl (C=O) groups is 2. The first-order valence-corrected chi connectivity index (χ1v) is 32.1. The van der Waals surface area contributed by atoms with Crippen molar-refractivity contribution in [2.24, 2.45) is 0 Å². The molecule has 0 heterocycles. The molecule has 0 saturated carbocycles. The summed E-state index contributed by atoms with van der Waals surface area (Å²) in [6.45, 7) is 4.88. The molecule has 0 saturated heterocycles. The molecule has 6 heteroatoms. The van der Waals surface area contributed by atoms with Gasteiger partial charge in [0.15, 0.2) is 0 Å². The van der Waals surface area contributed by atoms with Crippen molar-refractivity contribution >= 4 is 11.9 Å². The quantitative estimate of drug-likeness (QED) is 0.0320. The molecule has 0 rings (SSSR count). The van der Waals surface area contributed by atoms with E-state index in [0.29, 0.717) is 19.4 Å². The highest BCUT2D eigenvalue weighted by atomic mass is 16.5. The summed E-state index contributed by atoms with van der Waals surface area (Å²) in [6.07, 6.45) is 81.2. The van der Waals surface area contributed by atoms with Crippen molar-refractivity contribution < 1.29 is 24.5 Å². The van der Waals surface area contributed by atoms with E-state index in [-0.39, 0.29) is 18.5 Å². The maximum atomic E-state index is 12.5. The largest absolute Gasteiger partial charge is 0.466 e. The number of amides is 1. The molecule has 0 aromatic carbocycles. The molecule has 2 unspecified atom stereocenters. The van der Waals surface area contributed by atoms with E-state index in [1.807, 2.05) is 6.08 Å². The zero-order chi connectivity index (χ0) is 52.9. The predicted molar refractivity (Wildman–Crippen MR) is 319 cm³/mol. The van der Waals surface area contributed by atoms with Crippen LogP contribution >= 0.6 is 0 Å². The first-order valence-electron chi connectivity index (χ1n) is 32.1. The molecule has 0 aliphatic heterocycles. The molecule has 0 aromatic rings. The van der Waals surface area contributed by atoms with Gasteiger partial charge < -0.3 is 20.3 Å². The van der Waals surface area contributed by atoms with Crippen molar-refractivity contribution in [2.45, 2.75) is 341 Å². The molecule has 0 bridgehead atoms. The van der Waals surface area contributed by atoms with E-state index >= 15 is 0 Å². The number of aliphatic hydroxyl groups is 2. The average molecular weight is 1020 g/mol. The Balaban J connectivity index is 3.47. The molecule has 2 atom stereocenters. The van der Waals surface area contributed by atoms with E-state index in [4.69, 9.17) is 4.74 Å². The van der Waals surface area contributed by atoms with Gasteiger partial charge in [0.1, 0.15) is 0 Å². The third-order valence-corrected chi connectivity index (χ3v) is 14.5. The maximum absolute atomic E-state index is 12.5. The second kappa shape index (κ2) is 62.1. The molecular formula is C67H123NO5. The van der Waals surface area contributed by atoms with Crippen LogP contribution in [0, 0.1) is 0 Å². The Bertz CT molecular complexity index is 1270. The van der Waals surface area contributed by atoms with Crippen LogP contribution in [0.5, 0.6) is 0 Å². The van der Waals surface area contributed by atoms with E-state index in [9.17, 15) is 19.8 Å². The highest BCUT2D eigenvalue weighted by Gasteiger charge is 2.18. The lowest BCUT2D eigenvalue weighted by atomic mass is 10.0. The average Bonchev–Trinajstić information content (AvgIpc) is 3.39. The first kappa shape index (κ1) is 70.6. The maximum Gasteiger partial charge on any atom is 0.305 e. The Morgan fingerprint density at radius 1 is 0.384 bits per heavy atom. The highest BCUT2D eigenvalue weighted by molar-refractivity contribution is 5.76. The van der Waals surface area contributed by atoms with Crippen LogP contribution in [0.1, 0.15) is 328 Å². The Morgan fingerprint density at radius 2 is 0.685 bits per heavy atom. The van der Waals surface area contributed by atoms with Crippen LogP contribution in [0.25, 0.3) is 0 Å². The summed E-state index contributed by atoms with van der Waals surface area (Å²) in [5.74, 6) is -0.0796. The third-order valence-electron chi connectivity index (χ3n) is 14.5. The van der Waals surface area contributed by atoms with E-state index < -0.39 is 12.1 Å². The normalized spacial score (nSPS) is 13.0. The van der Waals surface area contributed by atoms with Gasteiger partial charge in [-0.15, -0.1) is 0 Å². The van der Waals surface area contributed by atoms with Crippen molar-refractivity contribution in [1.29, 1.82) is 0 Å². The molecule has 1 amide bonds. The van der Waals surface area contributed by atoms with Gasteiger partial charge in [-0.05, 0) is 96.3 Å². The van der Waals surface area contributed by atoms with Crippen molar-refractivity contribution in [3.8, 4) is 0 Å². The van der Waals surface area contributed by atoms with Crippen LogP contribution in [-0.2, 0) is 14.3 Å². The van der Waals surface area contributed by atoms with Crippen LogP contribution in [-0.4, -0.2) is 47.4 Å². The SMILES string of the molecule is CCCCCC/C=C\C/C=C\CCCCCCCCCC(=O)OCCCCCCCCCCC/C=C\C/C=C\CCCCCCCCCC(=O)NC(CO)C(O)/C=C/CCCCCCCCCCCCCCC. The van der Waals surface area contributed by atoms with E-state index in [0.717, 1.165) is 70.6 Å². The number of esters is 1. The lowest BCUT2D eigenvalue weighted by Gasteiger charge is -2.20. The van der Waals surface area contributed by atoms with Gasteiger partial charge in [0.05, 0.1) is 25.4 Å². The molecule has 0 aliphatic carbocycles. The molecule has 0 fully saturated rings. The topological polar surface area (TPSA) is 95.9 Å². The number of unbranched alkanes of at least 4 members (excludes halogenated alkanes) is 40. The van der Waals surface area contributed by atoms with Gasteiger partial charge in [-0.3, -0.25) is 9.59 Å². The molecule has 0 aromatic heterocycles. The minimum Gasteiger partial charge on any atom is -0.466 e. The Labute approximate surface area is 454 Å². The summed E-state index contributed by atoms with van der Waals surface area (Å²) in [6, 6.07) is -0.637. The van der Waals surface area contributed by atoms with E-state index in [2.05, 4.69) is 67.8 Å². The number of hydrogen-bond acceptors (Lipinski definition) is 5. The zero-order valence-electron chi connectivity index (χ0n) is 48.6. The number of nitrogens with one attached hydrogen (secondary N) is 1. The van der Waals surface area contributed by atoms with E-state index in [1.165, 1.54) is 231 Å². The number of rotatable bonds is 59. The molecule has 73 heavy (non-hydrogen) atoms. The molecule has 0 radical (unpaired) electrons. The monoisotopic (exact) mass is 1020 g/mol. The predicted octanol–water partition coefficient (Wildman–Crippen LogP) is 20.3. The number of carbonyl (C=O) groups excluding carboxylic acids is 2. The van der Waals surface area contributed by atoms with Crippen LogP contribution in [0.2, 0.25) is 0 Å². The van der Waals surface area contributed by atoms with Crippen LogP contribution in [0.15, 0.2) is 60.8 Å². The van der Waals surface area contributed by atoms with Crippen molar-refractivity contribution in [3.05, 3.63) is 60.8 Å². The van der Waals surface area contributed by atoms with Gasteiger partial charge in [0, 0.05) is 12.8 Å². The fraction of sp³-hybridized carbons (Fsp3) is 0.821.